The van der Waals surface area contributed by atoms with E-state index < -0.39 is 0 Å². The third kappa shape index (κ3) is 3.72. The van der Waals surface area contributed by atoms with E-state index in [-0.39, 0.29) is 12.0 Å². The highest BCUT2D eigenvalue weighted by Crippen LogP contribution is 2.33. The van der Waals surface area contributed by atoms with Crippen LogP contribution < -0.4 is 4.74 Å². The molecule has 0 bridgehead atoms. The molecule has 0 aromatic carbocycles. The number of fused-ring (bicyclic) bond motifs is 1. The molecule has 9 heteroatoms. The highest BCUT2D eigenvalue weighted by Gasteiger charge is 2.39. The second-order valence-electron chi connectivity index (χ2n) is 7.56. The Balaban J connectivity index is 1.45. The van der Waals surface area contributed by atoms with Gasteiger partial charge in [0.25, 0.3) is 0 Å². The molecule has 2 aliphatic rings. The molecular weight excluding hydrogens is 360 g/mol. The van der Waals surface area contributed by atoms with Crippen LogP contribution in [0.4, 0.5) is 0 Å². The highest BCUT2D eigenvalue weighted by atomic mass is 16.5. The lowest BCUT2D eigenvalue weighted by atomic mass is 10.1. The van der Waals surface area contributed by atoms with Crippen LogP contribution in [0.3, 0.4) is 0 Å². The van der Waals surface area contributed by atoms with Gasteiger partial charge in [-0.1, -0.05) is 0 Å². The van der Waals surface area contributed by atoms with Gasteiger partial charge in [0.15, 0.2) is 0 Å². The Bertz CT molecular complexity index is 821. The fraction of sp³-hybridized carbons (Fsp3) is 0.579. The van der Waals surface area contributed by atoms with Gasteiger partial charge < -0.3 is 18.9 Å². The van der Waals surface area contributed by atoms with Crippen LogP contribution in [0, 0.1) is 0 Å². The van der Waals surface area contributed by atoms with Crippen molar-refractivity contribution in [2.45, 2.75) is 31.0 Å². The lowest BCUT2D eigenvalue weighted by molar-refractivity contribution is -0.134. The summed E-state index contributed by atoms with van der Waals surface area (Å²) in [4.78, 5) is 29.0. The predicted molar refractivity (Wildman–Crippen MR) is 102 cm³/mol. The summed E-state index contributed by atoms with van der Waals surface area (Å²) in [7, 11) is 5.11. The van der Waals surface area contributed by atoms with Crippen LogP contribution in [0.1, 0.15) is 18.9 Å². The number of carbonyl (C=O) groups is 1. The zero-order valence-corrected chi connectivity index (χ0v) is 16.5. The average Bonchev–Trinajstić information content (AvgIpc) is 3.34. The van der Waals surface area contributed by atoms with E-state index in [9.17, 15) is 4.79 Å². The van der Waals surface area contributed by atoms with Crippen molar-refractivity contribution in [1.29, 1.82) is 0 Å². The van der Waals surface area contributed by atoms with Crippen molar-refractivity contribution in [2.24, 2.45) is 0 Å². The molecule has 2 saturated heterocycles. The lowest BCUT2D eigenvalue weighted by Crippen LogP contribution is -2.47. The molecule has 150 valence electrons. The summed E-state index contributed by atoms with van der Waals surface area (Å²) in [5.74, 6) is 0.961. The molecule has 0 spiro atoms. The fourth-order valence-electron chi connectivity index (χ4n) is 3.99. The number of imidazole rings is 1. The molecule has 0 unspecified atom stereocenters. The number of aromatic nitrogens is 4. The zero-order chi connectivity index (χ0) is 19.7. The number of rotatable bonds is 5. The van der Waals surface area contributed by atoms with E-state index in [4.69, 9.17) is 9.47 Å². The van der Waals surface area contributed by atoms with E-state index in [1.54, 1.807) is 38.5 Å². The summed E-state index contributed by atoms with van der Waals surface area (Å²) in [6, 6.07) is 1.02. The molecule has 0 radical (unpaired) electrons. The van der Waals surface area contributed by atoms with Gasteiger partial charge in [-0.2, -0.15) is 0 Å². The van der Waals surface area contributed by atoms with E-state index in [1.807, 2.05) is 12.4 Å². The quantitative estimate of drug-likeness (QED) is 0.753. The van der Waals surface area contributed by atoms with Crippen LogP contribution in [-0.2, 0) is 9.53 Å². The van der Waals surface area contributed by atoms with Crippen molar-refractivity contribution >= 4 is 5.91 Å². The molecule has 2 aromatic rings. The number of hydrogen-bond donors (Lipinski definition) is 0. The summed E-state index contributed by atoms with van der Waals surface area (Å²) < 4.78 is 13.2. The van der Waals surface area contributed by atoms with Crippen molar-refractivity contribution in [3.05, 3.63) is 24.8 Å². The maximum Gasteiger partial charge on any atom is 0.316 e. The van der Waals surface area contributed by atoms with Gasteiger partial charge in [-0.15, -0.1) is 0 Å². The third-order valence-corrected chi connectivity index (χ3v) is 5.50. The molecule has 1 amide bonds. The largest absolute Gasteiger partial charge is 0.467 e. The molecule has 0 N–H and O–H groups in total. The molecule has 0 saturated carbocycles. The van der Waals surface area contributed by atoms with Gasteiger partial charge in [0.1, 0.15) is 5.82 Å². The molecule has 2 aliphatic heterocycles. The van der Waals surface area contributed by atoms with Gasteiger partial charge in [0, 0.05) is 64.1 Å². The van der Waals surface area contributed by atoms with Crippen LogP contribution >= 0.6 is 0 Å². The summed E-state index contributed by atoms with van der Waals surface area (Å²) in [5.41, 5.74) is 0.862. The Morgan fingerprint density at radius 1 is 1.25 bits per heavy atom. The summed E-state index contributed by atoms with van der Waals surface area (Å²) in [5, 5.41) is 0. The molecule has 2 fully saturated rings. The molecule has 4 rings (SSSR count). The van der Waals surface area contributed by atoms with Gasteiger partial charge in [0.05, 0.1) is 31.8 Å². The minimum Gasteiger partial charge on any atom is -0.467 e. The second-order valence-corrected chi connectivity index (χ2v) is 7.56. The fourth-order valence-corrected chi connectivity index (χ4v) is 3.99. The van der Waals surface area contributed by atoms with Gasteiger partial charge in [-0.05, 0) is 6.42 Å². The Morgan fingerprint density at radius 3 is 2.75 bits per heavy atom. The van der Waals surface area contributed by atoms with Crippen molar-refractivity contribution < 1.29 is 14.3 Å². The normalized spacial score (nSPS) is 24.8. The van der Waals surface area contributed by atoms with E-state index in [0.717, 1.165) is 30.9 Å². The Hall–Kier alpha value is -2.52. The Morgan fingerprint density at radius 2 is 2.04 bits per heavy atom. The summed E-state index contributed by atoms with van der Waals surface area (Å²) in [6.07, 6.45) is 8.68. The third-order valence-electron chi connectivity index (χ3n) is 5.50. The first-order valence-electron chi connectivity index (χ1n) is 9.50. The molecule has 3 atom stereocenters. The molecule has 4 heterocycles. The first kappa shape index (κ1) is 18.8. The predicted octanol–water partition coefficient (Wildman–Crippen LogP) is 0.841. The minimum absolute atomic E-state index is 0.0397. The number of ether oxygens (including phenoxy) is 2. The summed E-state index contributed by atoms with van der Waals surface area (Å²) >= 11 is 0. The van der Waals surface area contributed by atoms with Crippen molar-refractivity contribution in [3.8, 4) is 17.4 Å². The van der Waals surface area contributed by atoms with E-state index in [1.165, 1.54) is 0 Å². The Labute approximate surface area is 164 Å². The smallest absolute Gasteiger partial charge is 0.316 e. The van der Waals surface area contributed by atoms with Crippen LogP contribution in [0.15, 0.2) is 24.8 Å². The molecule has 2 aromatic heterocycles. The highest BCUT2D eigenvalue weighted by molar-refractivity contribution is 5.76. The van der Waals surface area contributed by atoms with E-state index >= 15 is 0 Å². The van der Waals surface area contributed by atoms with Gasteiger partial charge in [-0.3, -0.25) is 9.69 Å². The number of hydrogen-bond acceptors (Lipinski definition) is 7. The molecule has 0 aliphatic carbocycles. The molecule has 9 nitrogen and oxygen atoms in total. The lowest BCUT2D eigenvalue weighted by Gasteiger charge is -2.35. The van der Waals surface area contributed by atoms with E-state index in [2.05, 4.69) is 24.4 Å². The number of morpholine rings is 1. The number of methoxy groups -OCH3 is 1. The van der Waals surface area contributed by atoms with Gasteiger partial charge in [-0.25, -0.2) is 15.0 Å². The monoisotopic (exact) mass is 386 g/mol. The van der Waals surface area contributed by atoms with Crippen LogP contribution in [0.2, 0.25) is 0 Å². The topological polar surface area (TPSA) is 85.6 Å². The first-order valence-corrected chi connectivity index (χ1v) is 9.50. The molecular formula is C19H26N6O3. The van der Waals surface area contributed by atoms with Crippen molar-refractivity contribution in [1.82, 2.24) is 29.3 Å². The van der Waals surface area contributed by atoms with Crippen molar-refractivity contribution in [2.75, 3.05) is 40.9 Å². The minimum atomic E-state index is -0.0397. The second kappa shape index (κ2) is 7.84. The van der Waals surface area contributed by atoms with Gasteiger partial charge >= 0.3 is 6.01 Å². The van der Waals surface area contributed by atoms with Crippen LogP contribution in [-0.4, -0.2) is 88.3 Å². The SMILES string of the molecule is COc1ncc(-c2nccn2[C@@H]2C[C@H]3CO[C@@H](CC(=O)N(C)C)CN3C2)cn1. The zero-order valence-electron chi connectivity index (χ0n) is 16.5. The number of carbonyl (C=O) groups excluding carboxylic acids is 1. The van der Waals surface area contributed by atoms with Crippen LogP contribution in [0.5, 0.6) is 6.01 Å². The van der Waals surface area contributed by atoms with Crippen LogP contribution in [0.25, 0.3) is 11.4 Å². The maximum atomic E-state index is 12.0. The molecule has 28 heavy (non-hydrogen) atoms. The van der Waals surface area contributed by atoms with E-state index in [0.29, 0.717) is 31.1 Å². The standard InChI is InChI=1S/C19H26N6O3/c1-23(2)17(26)7-16-11-24-10-14(6-15(24)12-28-16)25-5-4-20-18(25)13-8-21-19(27-3)22-9-13/h4-5,8-9,14-16H,6-7,10-12H2,1-3H3/t14-,15+,16+/m1/s1. The average molecular weight is 386 g/mol. The van der Waals surface area contributed by atoms with Gasteiger partial charge in [0.2, 0.25) is 5.91 Å². The maximum absolute atomic E-state index is 12.0. The first-order chi connectivity index (χ1) is 13.5. The number of amides is 1. The summed E-state index contributed by atoms with van der Waals surface area (Å²) in [6.45, 7) is 2.37. The number of nitrogens with zero attached hydrogens (tertiary/aromatic N) is 6. The Kier molecular flexibility index (Phi) is 5.27. The van der Waals surface area contributed by atoms with Crippen molar-refractivity contribution in [3.63, 3.8) is 0 Å².